The van der Waals surface area contributed by atoms with E-state index in [-0.39, 0.29) is 12.0 Å². The second-order valence-electron chi connectivity index (χ2n) is 6.25. The smallest absolute Gasteiger partial charge is 0.323 e. The van der Waals surface area contributed by atoms with Crippen molar-refractivity contribution in [3.63, 3.8) is 0 Å². The first kappa shape index (κ1) is 15.8. The first-order valence-corrected chi connectivity index (χ1v) is 8.38. The molecule has 2 unspecified atom stereocenters. The van der Waals surface area contributed by atoms with E-state index in [1.165, 1.54) is 25.7 Å². The van der Waals surface area contributed by atoms with Crippen molar-refractivity contribution < 1.29 is 9.53 Å². The first-order valence-electron chi connectivity index (χ1n) is 8.38. The number of nitrogens with zero attached hydrogens (tertiary/aromatic N) is 1. The van der Waals surface area contributed by atoms with Crippen LogP contribution in [0.15, 0.2) is 0 Å². The maximum absolute atomic E-state index is 12.3. The van der Waals surface area contributed by atoms with Gasteiger partial charge in [-0.2, -0.15) is 0 Å². The van der Waals surface area contributed by atoms with Gasteiger partial charge in [0.15, 0.2) is 0 Å². The molecule has 0 radical (unpaired) electrons. The van der Waals surface area contributed by atoms with Crippen LogP contribution in [0, 0.1) is 5.92 Å². The van der Waals surface area contributed by atoms with Gasteiger partial charge in [-0.15, -0.1) is 0 Å². The zero-order valence-electron chi connectivity index (χ0n) is 13.1. The first-order chi connectivity index (χ1) is 9.74. The van der Waals surface area contributed by atoms with Gasteiger partial charge >= 0.3 is 5.97 Å². The van der Waals surface area contributed by atoms with E-state index in [1.54, 1.807) is 0 Å². The summed E-state index contributed by atoms with van der Waals surface area (Å²) in [6, 6.07) is 0.519. The van der Waals surface area contributed by atoms with Gasteiger partial charge in [0.25, 0.3) is 0 Å². The number of carbonyl (C=O) groups is 1. The van der Waals surface area contributed by atoms with Gasteiger partial charge in [-0.3, -0.25) is 9.69 Å². The quantitative estimate of drug-likeness (QED) is 0.658. The number of rotatable bonds is 9. The van der Waals surface area contributed by atoms with Crippen LogP contribution in [0.1, 0.15) is 52.4 Å². The molecule has 4 heteroatoms. The number of esters is 1. The highest BCUT2D eigenvalue weighted by Crippen LogP contribution is 2.31. The van der Waals surface area contributed by atoms with E-state index in [4.69, 9.17) is 4.74 Å². The average Bonchev–Trinajstić information content (AvgIpc) is 3.09. The molecule has 4 nitrogen and oxygen atoms in total. The maximum Gasteiger partial charge on any atom is 0.323 e. The standard InChI is InChI=1S/C16H30N2O2/c1-3-6-15(16(19)20-4-2)18(11-13-8-9-13)12-14-7-5-10-17-14/h13-15,17H,3-12H2,1-2H3. The van der Waals surface area contributed by atoms with E-state index < -0.39 is 0 Å². The van der Waals surface area contributed by atoms with Gasteiger partial charge < -0.3 is 10.1 Å². The van der Waals surface area contributed by atoms with Crippen molar-refractivity contribution in [2.75, 3.05) is 26.2 Å². The Morgan fingerprint density at radius 1 is 1.30 bits per heavy atom. The predicted molar refractivity (Wildman–Crippen MR) is 80.7 cm³/mol. The molecule has 116 valence electrons. The van der Waals surface area contributed by atoms with E-state index >= 15 is 0 Å². The molecule has 1 saturated carbocycles. The summed E-state index contributed by atoms with van der Waals surface area (Å²) in [5, 5.41) is 3.55. The third kappa shape index (κ3) is 4.74. The van der Waals surface area contributed by atoms with Gasteiger partial charge in [-0.1, -0.05) is 13.3 Å². The van der Waals surface area contributed by atoms with Gasteiger partial charge in [0.2, 0.25) is 0 Å². The molecule has 20 heavy (non-hydrogen) atoms. The molecular weight excluding hydrogens is 252 g/mol. The average molecular weight is 282 g/mol. The Balaban J connectivity index is 1.97. The van der Waals surface area contributed by atoms with Crippen molar-refractivity contribution >= 4 is 5.97 Å². The minimum Gasteiger partial charge on any atom is -0.465 e. The molecule has 0 aromatic rings. The lowest BCUT2D eigenvalue weighted by atomic mass is 10.1. The largest absolute Gasteiger partial charge is 0.465 e. The van der Waals surface area contributed by atoms with Crippen molar-refractivity contribution in [2.24, 2.45) is 5.92 Å². The van der Waals surface area contributed by atoms with Gasteiger partial charge in [-0.25, -0.2) is 0 Å². The zero-order chi connectivity index (χ0) is 14.4. The second-order valence-corrected chi connectivity index (χ2v) is 6.25. The van der Waals surface area contributed by atoms with Crippen LogP contribution >= 0.6 is 0 Å². The molecule has 0 amide bonds. The van der Waals surface area contributed by atoms with Crippen molar-refractivity contribution in [3.8, 4) is 0 Å². The van der Waals surface area contributed by atoms with E-state index in [0.29, 0.717) is 12.6 Å². The van der Waals surface area contributed by atoms with E-state index in [9.17, 15) is 4.79 Å². The molecule has 2 fully saturated rings. The zero-order valence-corrected chi connectivity index (χ0v) is 13.1. The molecule has 1 aliphatic carbocycles. The summed E-state index contributed by atoms with van der Waals surface area (Å²) in [4.78, 5) is 14.7. The van der Waals surface area contributed by atoms with Gasteiger partial charge in [0, 0.05) is 19.1 Å². The third-order valence-corrected chi connectivity index (χ3v) is 4.37. The van der Waals surface area contributed by atoms with Crippen LogP contribution in [0.25, 0.3) is 0 Å². The van der Waals surface area contributed by atoms with Crippen LogP contribution in [0.5, 0.6) is 0 Å². The lowest BCUT2D eigenvalue weighted by Gasteiger charge is -2.32. The summed E-state index contributed by atoms with van der Waals surface area (Å²) < 4.78 is 5.30. The minimum atomic E-state index is -0.0389. The Hall–Kier alpha value is -0.610. The van der Waals surface area contributed by atoms with Crippen LogP contribution in [0.4, 0.5) is 0 Å². The molecule has 0 aromatic heterocycles. The summed E-state index contributed by atoms with van der Waals surface area (Å²) in [5.41, 5.74) is 0. The number of nitrogens with one attached hydrogen (secondary N) is 1. The fourth-order valence-electron chi connectivity index (χ4n) is 3.12. The molecule has 2 atom stereocenters. The number of hydrogen-bond donors (Lipinski definition) is 1. The Kier molecular flexibility index (Phi) is 6.30. The fourth-order valence-corrected chi connectivity index (χ4v) is 3.12. The van der Waals surface area contributed by atoms with E-state index in [2.05, 4.69) is 17.1 Å². The summed E-state index contributed by atoms with van der Waals surface area (Å²) >= 11 is 0. The van der Waals surface area contributed by atoms with Gasteiger partial charge in [0.05, 0.1) is 6.61 Å². The second kappa shape index (κ2) is 7.99. The van der Waals surface area contributed by atoms with Crippen LogP contribution in [-0.4, -0.2) is 49.2 Å². The molecule has 0 spiro atoms. The summed E-state index contributed by atoms with van der Waals surface area (Å²) in [6.07, 6.45) is 7.11. The SMILES string of the molecule is CCCC(C(=O)OCC)N(CC1CC1)CC1CCCN1. The molecule has 2 rings (SSSR count). The summed E-state index contributed by atoms with van der Waals surface area (Å²) in [6.45, 7) is 7.72. The minimum absolute atomic E-state index is 0.0204. The van der Waals surface area contributed by atoms with E-state index in [1.807, 2.05) is 6.92 Å². The number of carbonyl (C=O) groups excluding carboxylic acids is 1. The Bertz CT molecular complexity index is 299. The molecule has 0 bridgehead atoms. The highest BCUT2D eigenvalue weighted by molar-refractivity contribution is 5.75. The molecule has 1 N–H and O–H groups in total. The monoisotopic (exact) mass is 282 g/mol. The normalized spacial score (nSPS) is 24.1. The van der Waals surface area contributed by atoms with Crippen LogP contribution in [0.3, 0.4) is 0 Å². The van der Waals surface area contributed by atoms with Gasteiger partial charge in [0.1, 0.15) is 6.04 Å². The summed E-state index contributed by atoms with van der Waals surface area (Å²) in [5.74, 6) is 0.790. The molecule has 1 saturated heterocycles. The topological polar surface area (TPSA) is 41.6 Å². The molecule has 2 aliphatic rings. The lowest BCUT2D eigenvalue weighted by molar-refractivity contribution is -0.150. The predicted octanol–water partition coefficient (Wildman–Crippen LogP) is 2.18. The maximum atomic E-state index is 12.3. The van der Waals surface area contributed by atoms with Crippen molar-refractivity contribution in [2.45, 2.75) is 64.5 Å². The van der Waals surface area contributed by atoms with E-state index in [0.717, 1.165) is 38.4 Å². The van der Waals surface area contributed by atoms with Crippen molar-refractivity contribution in [1.82, 2.24) is 10.2 Å². The fraction of sp³-hybridized carbons (Fsp3) is 0.938. The van der Waals surface area contributed by atoms with Crippen LogP contribution in [-0.2, 0) is 9.53 Å². The van der Waals surface area contributed by atoms with Gasteiger partial charge in [-0.05, 0) is 51.5 Å². The third-order valence-electron chi connectivity index (χ3n) is 4.37. The Morgan fingerprint density at radius 2 is 2.10 bits per heavy atom. The van der Waals surface area contributed by atoms with Crippen LogP contribution in [0.2, 0.25) is 0 Å². The Morgan fingerprint density at radius 3 is 2.65 bits per heavy atom. The van der Waals surface area contributed by atoms with Crippen LogP contribution < -0.4 is 5.32 Å². The number of hydrogen-bond acceptors (Lipinski definition) is 4. The summed E-state index contributed by atoms with van der Waals surface area (Å²) in [7, 11) is 0. The molecule has 1 aliphatic heterocycles. The Labute approximate surface area is 123 Å². The molecule has 1 heterocycles. The van der Waals surface area contributed by atoms with Crippen molar-refractivity contribution in [3.05, 3.63) is 0 Å². The molecule has 0 aromatic carbocycles. The number of ether oxygens (including phenoxy) is 1. The lowest BCUT2D eigenvalue weighted by Crippen LogP contribution is -2.48. The highest BCUT2D eigenvalue weighted by atomic mass is 16.5. The molecular formula is C16H30N2O2. The highest BCUT2D eigenvalue weighted by Gasteiger charge is 2.33. The van der Waals surface area contributed by atoms with Crippen molar-refractivity contribution in [1.29, 1.82) is 0 Å².